The first kappa shape index (κ1) is 10.1. The Morgan fingerprint density at radius 2 is 2.18 bits per heavy atom. The first-order chi connectivity index (χ1) is 4.88. The molecule has 0 aromatic rings. The second kappa shape index (κ2) is 3.49. The van der Waals surface area contributed by atoms with Crippen molar-refractivity contribution >= 4 is 16.0 Å². The summed E-state index contributed by atoms with van der Waals surface area (Å²) >= 11 is 0. The third kappa shape index (κ3) is 3.74. The van der Waals surface area contributed by atoms with Gasteiger partial charge in [-0.25, -0.2) is 18.4 Å². The zero-order valence-corrected chi connectivity index (χ0v) is 6.80. The minimum absolute atomic E-state index is 0.813. The maximum atomic E-state index is 10.4. The van der Waals surface area contributed by atoms with Crippen molar-refractivity contribution < 1.29 is 17.9 Å². The van der Waals surface area contributed by atoms with Crippen LogP contribution in [-0.2, 0) is 19.6 Å². The summed E-state index contributed by atoms with van der Waals surface area (Å²) in [5, 5.41) is 4.64. The van der Waals surface area contributed by atoms with Crippen molar-refractivity contribution in [3.8, 4) is 0 Å². The normalized spacial score (nSPS) is 13.6. The highest BCUT2D eigenvalue weighted by atomic mass is 32.2. The molecule has 0 aliphatic rings. The van der Waals surface area contributed by atoms with Gasteiger partial charge in [-0.15, -0.1) is 0 Å². The van der Waals surface area contributed by atoms with Gasteiger partial charge in [0.1, 0.15) is 0 Å². The van der Waals surface area contributed by atoms with Crippen LogP contribution in [0.4, 0.5) is 0 Å². The molecule has 0 saturated carbocycles. The maximum absolute atomic E-state index is 10.4. The van der Waals surface area contributed by atoms with E-state index in [1.54, 1.807) is 0 Å². The van der Waals surface area contributed by atoms with Crippen molar-refractivity contribution in [3.63, 3.8) is 0 Å². The van der Waals surface area contributed by atoms with E-state index in [1.807, 2.05) is 0 Å². The minimum Gasteiger partial charge on any atom is -0.442 e. The Morgan fingerprint density at radius 3 is 2.45 bits per heavy atom. The highest BCUT2D eigenvalue weighted by Crippen LogP contribution is 1.97. The molecule has 0 rings (SSSR count). The molecule has 5 nitrogen and oxygen atoms in total. The van der Waals surface area contributed by atoms with Gasteiger partial charge in [-0.3, -0.25) is 0 Å². The summed E-state index contributed by atoms with van der Waals surface area (Å²) in [6.45, 7) is 4.25. The number of carbonyl (C=O) groups is 1. The smallest absolute Gasteiger partial charge is 0.331 e. The van der Waals surface area contributed by atoms with Gasteiger partial charge in [0.2, 0.25) is 15.5 Å². The Bertz CT molecular complexity index is 256. The molecule has 2 N–H and O–H groups in total. The molecule has 0 fully saturated rings. The number of sulfonamides is 1. The third-order valence-corrected chi connectivity index (χ3v) is 1.93. The number of nitrogens with two attached hydrogens (primary N) is 1. The number of esters is 1. The zero-order valence-electron chi connectivity index (χ0n) is 5.98. The van der Waals surface area contributed by atoms with E-state index in [1.165, 1.54) is 0 Å². The predicted octanol–water partition coefficient (Wildman–Crippen LogP) is -0.650. The molecule has 0 heterocycles. The Labute approximate surface area is 64.9 Å². The lowest BCUT2D eigenvalue weighted by Crippen LogP contribution is -2.29. The van der Waals surface area contributed by atoms with Crippen molar-refractivity contribution in [1.82, 2.24) is 0 Å². The van der Waals surface area contributed by atoms with Crippen LogP contribution in [0, 0.1) is 0 Å². The third-order valence-electron chi connectivity index (χ3n) is 0.911. The fraction of sp³-hybridized carbons (Fsp3) is 0.400. The molecular formula is C5H9NO4S. The lowest BCUT2D eigenvalue weighted by molar-refractivity contribution is -0.138. The summed E-state index contributed by atoms with van der Waals surface area (Å²) in [6.07, 6.45) is 0.863. The van der Waals surface area contributed by atoms with E-state index in [2.05, 4.69) is 16.5 Å². The van der Waals surface area contributed by atoms with E-state index in [-0.39, 0.29) is 0 Å². The van der Waals surface area contributed by atoms with Gasteiger partial charge in [-0.05, 0) is 6.92 Å². The number of rotatable bonds is 3. The van der Waals surface area contributed by atoms with Crippen LogP contribution < -0.4 is 5.14 Å². The van der Waals surface area contributed by atoms with Gasteiger partial charge in [0.25, 0.3) is 0 Å². The summed E-state index contributed by atoms with van der Waals surface area (Å²) in [5.74, 6) is -0.813. The van der Waals surface area contributed by atoms with Crippen molar-refractivity contribution in [3.05, 3.63) is 12.7 Å². The van der Waals surface area contributed by atoms with Crippen molar-refractivity contribution in [2.45, 2.75) is 12.4 Å². The Morgan fingerprint density at radius 1 is 1.73 bits per heavy atom. The summed E-state index contributed by atoms with van der Waals surface area (Å²) in [4.78, 5) is 10.4. The average Bonchev–Trinajstić information content (AvgIpc) is 1.85. The molecule has 1 unspecified atom stereocenters. The fourth-order valence-electron chi connectivity index (χ4n) is 0.279. The summed E-state index contributed by atoms with van der Waals surface area (Å²) in [6, 6.07) is 0. The van der Waals surface area contributed by atoms with Crippen molar-refractivity contribution in [2.75, 3.05) is 0 Å². The van der Waals surface area contributed by atoms with Gasteiger partial charge in [-0.1, -0.05) is 6.58 Å². The standard InChI is InChI=1S/C5H9NO4S/c1-3-5(7)10-4(2)11(6,8)9/h3-4H,1H2,2H3,(H2,6,8,9). The number of carbonyl (C=O) groups excluding carboxylic acids is 1. The van der Waals surface area contributed by atoms with Crippen LogP contribution in [0.25, 0.3) is 0 Å². The van der Waals surface area contributed by atoms with E-state index in [0.717, 1.165) is 13.0 Å². The Kier molecular flexibility index (Phi) is 3.21. The first-order valence-electron chi connectivity index (χ1n) is 2.72. The molecule has 0 aliphatic heterocycles. The number of hydrogen-bond acceptors (Lipinski definition) is 4. The molecule has 64 valence electrons. The largest absolute Gasteiger partial charge is 0.442 e. The zero-order chi connectivity index (χ0) is 9.07. The molecule has 6 heteroatoms. The van der Waals surface area contributed by atoms with Crippen LogP contribution in [-0.4, -0.2) is 19.8 Å². The van der Waals surface area contributed by atoms with E-state index >= 15 is 0 Å². The molecule has 0 bridgehead atoms. The summed E-state index contributed by atoms with van der Waals surface area (Å²) in [7, 11) is -3.80. The lowest BCUT2D eigenvalue weighted by atomic mass is 10.6. The maximum Gasteiger partial charge on any atom is 0.331 e. The van der Waals surface area contributed by atoms with Gasteiger partial charge < -0.3 is 4.74 Å². The van der Waals surface area contributed by atoms with Gasteiger partial charge in [0.05, 0.1) is 0 Å². The highest BCUT2D eigenvalue weighted by Gasteiger charge is 2.18. The monoisotopic (exact) mass is 179 g/mol. The molecule has 0 amide bonds. The molecule has 0 spiro atoms. The van der Waals surface area contributed by atoms with Crippen molar-refractivity contribution in [1.29, 1.82) is 0 Å². The van der Waals surface area contributed by atoms with E-state index in [0.29, 0.717) is 0 Å². The van der Waals surface area contributed by atoms with Gasteiger partial charge in [0, 0.05) is 6.08 Å². The molecule has 0 aromatic heterocycles. The fourth-order valence-corrected chi connectivity index (χ4v) is 0.508. The van der Waals surface area contributed by atoms with E-state index < -0.39 is 21.4 Å². The molecule has 1 atom stereocenters. The molecule has 0 saturated heterocycles. The molecular weight excluding hydrogens is 170 g/mol. The molecule has 0 aromatic carbocycles. The lowest BCUT2D eigenvalue weighted by Gasteiger charge is -2.07. The predicted molar refractivity (Wildman–Crippen MR) is 38.9 cm³/mol. The number of primary sulfonamides is 1. The van der Waals surface area contributed by atoms with Crippen LogP contribution in [0.3, 0.4) is 0 Å². The van der Waals surface area contributed by atoms with Crippen LogP contribution in [0.5, 0.6) is 0 Å². The average molecular weight is 179 g/mol. The quantitative estimate of drug-likeness (QED) is 0.460. The van der Waals surface area contributed by atoms with Gasteiger partial charge in [0.15, 0.2) is 0 Å². The van der Waals surface area contributed by atoms with E-state index in [4.69, 9.17) is 0 Å². The molecule has 11 heavy (non-hydrogen) atoms. The molecule has 0 aliphatic carbocycles. The summed E-state index contributed by atoms with van der Waals surface area (Å²) < 4.78 is 25.2. The van der Waals surface area contributed by atoms with Crippen LogP contribution in [0.2, 0.25) is 0 Å². The topological polar surface area (TPSA) is 86.5 Å². The number of ether oxygens (including phenoxy) is 1. The van der Waals surface area contributed by atoms with E-state index in [9.17, 15) is 13.2 Å². The first-order valence-corrected chi connectivity index (χ1v) is 4.33. The van der Waals surface area contributed by atoms with Crippen LogP contribution >= 0.6 is 0 Å². The Hall–Kier alpha value is -0.880. The minimum atomic E-state index is -3.80. The Balaban J connectivity index is 4.20. The van der Waals surface area contributed by atoms with Crippen LogP contribution in [0.15, 0.2) is 12.7 Å². The molecule has 0 radical (unpaired) electrons. The SMILES string of the molecule is C=CC(=O)OC(C)S(N)(=O)=O. The number of hydrogen-bond donors (Lipinski definition) is 1. The summed E-state index contributed by atoms with van der Waals surface area (Å²) in [5.41, 5.74) is -1.33. The van der Waals surface area contributed by atoms with Crippen molar-refractivity contribution in [2.24, 2.45) is 5.14 Å². The van der Waals surface area contributed by atoms with Gasteiger partial charge in [-0.2, -0.15) is 0 Å². The second-order valence-electron chi connectivity index (χ2n) is 1.80. The highest BCUT2D eigenvalue weighted by molar-refractivity contribution is 7.89. The van der Waals surface area contributed by atoms with Gasteiger partial charge >= 0.3 is 5.97 Å². The second-order valence-corrected chi connectivity index (χ2v) is 3.64. The van der Waals surface area contributed by atoms with Crippen LogP contribution in [0.1, 0.15) is 6.92 Å².